The van der Waals surface area contributed by atoms with Crippen molar-refractivity contribution in [1.82, 2.24) is 4.90 Å². The number of fused-ring (bicyclic) bond motifs is 2. The molecule has 2 fully saturated rings. The molecule has 1 saturated heterocycles. The van der Waals surface area contributed by atoms with Crippen LogP contribution in [0.2, 0.25) is 36.3 Å². The Labute approximate surface area is 270 Å². The average Bonchev–Trinajstić information content (AvgIpc) is 3.51. The number of benzene rings is 2. The summed E-state index contributed by atoms with van der Waals surface area (Å²) in [5, 5.41) is -0.256. The monoisotopic (exact) mass is 647 g/mol. The molecule has 3 amide bonds. The summed E-state index contributed by atoms with van der Waals surface area (Å²) in [5.74, 6) is -3.36. The Kier molecular flexibility index (Phi) is 8.47. The number of hydrogen-bond acceptors (Lipinski definition) is 6. The molecule has 2 aromatic rings. The lowest BCUT2D eigenvalue weighted by Gasteiger charge is -2.44. The van der Waals surface area contributed by atoms with Gasteiger partial charge in [-0.1, -0.05) is 90.1 Å². The molecule has 0 aromatic heterocycles. The van der Waals surface area contributed by atoms with Crippen molar-refractivity contribution in [3.05, 3.63) is 66.2 Å². The van der Waals surface area contributed by atoms with Crippen molar-refractivity contribution in [2.24, 2.45) is 22.7 Å². The van der Waals surface area contributed by atoms with E-state index in [9.17, 15) is 14.4 Å². The van der Waals surface area contributed by atoms with Crippen LogP contribution in [-0.2, 0) is 29.8 Å². The molecule has 2 heterocycles. The van der Waals surface area contributed by atoms with Crippen LogP contribution in [0.4, 0.5) is 5.69 Å². The molecule has 2 aromatic carbocycles. The predicted octanol–water partition coefficient (Wildman–Crippen LogP) is 6.64. The van der Waals surface area contributed by atoms with Gasteiger partial charge >= 0.3 is 0 Å². The highest BCUT2D eigenvalue weighted by atomic mass is 28.4. The summed E-state index contributed by atoms with van der Waals surface area (Å²) < 4.78 is 14.0. The molecular formula is C35H49N3O5Si2. The predicted molar refractivity (Wildman–Crippen MR) is 183 cm³/mol. The average molecular weight is 648 g/mol. The molecule has 8 nitrogen and oxygen atoms in total. The van der Waals surface area contributed by atoms with Gasteiger partial charge < -0.3 is 8.85 Å². The smallest absolute Gasteiger partial charge is 0.259 e. The zero-order valence-corrected chi connectivity index (χ0v) is 30.5. The van der Waals surface area contributed by atoms with Crippen molar-refractivity contribution in [2.75, 3.05) is 11.5 Å². The van der Waals surface area contributed by atoms with E-state index in [2.05, 4.69) is 67.7 Å². The summed E-state index contributed by atoms with van der Waals surface area (Å²) in [6.45, 7) is 22.1. The van der Waals surface area contributed by atoms with E-state index in [1.54, 1.807) is 23.4 Å². The molecule has 2 aliphatic heterocycles. The van der Waals surface area contributed by atoms with E-state index in [4.69, 9.17) is 13.8 Å². The molecule has 0 bridgehead atoms. The third-order valence-corrected chi connectivity index (χ3v) is 20.0. The zero-order chi connectivity index (χ0) is 33.2. The summed E-state index contributed by atoms with van der Waals surface area (Å²) in [7, 11) is -4.82. The maximum Gasteiger partial charge on any atom is 0.259 e. The van der Waals surface area contributed by atoms with Gasteiger partial charge in [-0.3, -0.25) is 24.3 Å². The number of imide groups is 1. The van der Waals surface area contributed by atoms with Crippen LogP contribution in [0.1, 0.15) is 47.1 Å². The van der Waals surface area contributed by atoms with Gasteiger partial charge in [-0.05, 0) is 54.0 Å². The minimum absolute atomic E-state index is 0.0716. The lowest BCUT2D eigenvalue weighted by molar-refractivity contribution is -0.140. The lowest BCUT2D eigenvalue weighted by atomic mass is 9.83. The van der Waals surface area contributed by atoms with E-state index in [0.29, 0.717) is 12.2 Å². The number of para-hydroxylation sites is 1. The highest BCUT2D eigenvalue weighted by molar-refractivity contribution is 6.74. The topological polar surface area (TPSA) is 88.5 Å². The quantitative estimate of drug-likeness (QED) is 0.237. The van der Waals surface area contributed by atoms with E-state index < -0.39 is 51.9 Å². The second kappa shape index (κ2) is 11.4. The number of nitrogens with zero attached hydrogens (tertiary/aromatic N) is 3. The summed E-state index contributed by atoms with van der Waals surface area (Å²) in [5.41, 5.74) is -0.131. The molecule has 0 N–H and O–H groups in total. The molecule has 1 saturated carbocycles. The SMILES string of the molecule is CC(C)(C)[Si](C)(C)OC[C@@H]1C2C(=O)N(c3ccccc3)C(=O)C2[C@@]2(N=CN(Cc3ccccc3)C2=O)[C@H]1O[Si](C)(C)C(C)(C)C. The third kappa shape index (κ3) is 5.57. The van der Waals surface area contributed by atoms with E-state index in [0.717, 1.165) is 5.56 Å². The number of amides is 3. The summed E-state index contributed by atoms with van der Waals surface area (Å²) >= 11 is 0. The molecule has 3 aliphatic rings. The number of carbonyl (C=O) groups excluding carboxylic acids is 3. The Morgan fingerprint density at radius 3 is 1.91 bits per heavy atom. The maximum absolute atomic E-state index is 14.8. The highest BCUT2D eigenvalue weighted by Gasteiger charge is 2.76. The fourth-order valence-electron chi connectivity index (χ4n) is 6.30. The summed E-state index contributed by atoms with van der Waals surface area (Å²) in [6.07, 6.45) is 0.766. The van der Waals surface area contributed by atoms with Gasteiger partial charge in [0.1, 0.15) is 0 Å². The van der Waals surface area contributed by atoms with Crippen molar-refractivity contribution < 1.29 is 23.2 Å². The minimum Gasteiger partial charge on any atom is -0.416 e. The van der Waals surface area contributed by atoms with Gasteiger partial charge in [0.05, 0.1) is 36.5 Å². The van der Waals surface area contributed by atoms with Crippen LogP contribution in [-0.4, -0.2) is 63.8 Å². The number of rotatable bonds is 8. The zero-order valence-electron chi connectivity index (χ0n) is 28.5. The Morgan fingerprint density at radius 1 is 0.800 bits per heavy atom. The first kappa shape index (κ1) is 33.4. The van der Waals surface area contributed by atoms with Crippen molar-refractivity contribution in [1.29, 1.82) is 0 Å². The molecule has 5 rings (SSSR count). The van der Waals surface area contributed by atoms with E-state index in [-0.39, 0.29) is 28.5 Å². The second-order valence-electron chi connectivity index (χ2n) is 15.9. The number of aliphatic imine (C=N–C) groups is 1. The minimum atomic E-state index is -2.54. The molecular weight excluding hydrogens is 599 g/mol. The standard InChI is InChI=1S/C35H49N3O5Si2/c1-33(2,3)44(7,8)42-22-26-27-28(31(40)38(30(27)39)25-19-15-12-16-20-25)35(29(26)43-45(9,10)34(4,5)6)32(41)37(23-36-35)21-24-17-13-11-14-18-24/h11-20,23,26-29H,21-22H2,1-10H3/t26-,27?,28?,29+,35-/m1/s1. The van der Waals surface area contributed by atoms with Crippen LogP contribution in [0.3, 0.4) is 0 Å². The molecule has 10 heteroatoms. The molecule has 45 heavy (non-hydrogen) atoms. The fourth-order valence-corrected chi connectivity index (χ4v) is 8.68. The summed E-state index contributed by atoms with van der Waals surface area (Å²) in [6, 6.07) is 18.7. The lowest BCUT2D eigenvalue weighted by Crippen LogP contribution is -2.59. The molecule has 5 atom stereocenters. The fraction of sp³-hybridized carbons (Fsp3) is 0.543. The Bertz CT molecular complexity index is 1480. The first-order valence-corrected chi connectivity index (χ1v) is 21.8. The van der Waals surface area contributed by atoms with Crippen LogP contribution < -0.4 is 4.90 Å². The molecule has 1 spiro atoms. The van der Waals surface area contributed by atoms with E-state index >= 15 is 0 Å². The van der Waals surface area contributed by atoms with Crippen molar-refractivity contribution >= 4 is 46.4 Å². The van der Waals surface area contributed by atoms with Crippen LogP contribution in [0.15, 0.2) is 65.7 Å². The second-order valence-corrected chi connectivity index (χ2v) is 25.4. The van der Waals surface area contributed by atoms with Crippen LogP contribution in [0, 0.1) is 17.8 Å². The number of anilines is 1. The van der Waals surface area contributed by atoms with Crippen LogP contribution >= 0.6 is 0 Å². The first-order valence-electron chi connectivity index (χ1n) is 16.0. The van der Waals surface area contributed by atoms with Gasteiger partial charge in [-0.2, -0.15) is 0 Å². The Balaban J connectivity index is 1.65. The Morgan fingerprint density at radius 2 is 1.36 bits per heavy atom. The van der Waals surface area contributed by atoms with Crippen molar-refractivity contribution in [3.63, 3.8) is 0 Å². The van der Waals surface area contributed by atoms with Gasteiger partial charge in [0.25, 0.3) is 5.91 Å². The van der Waals surface area contributed by atoms with Crippen molar-refractivity contribution in [2.45, 2.75) is 96.0 Å². The van der Waals surface area contributed by atoms with E-state index in [1.807, 2.05) is 48.5 Å². The summed E-state index contributed by atoms with van der Waals surface area (Å²) in [4.78, 5) is 51.7. The van der Waals surface area contributed by atoms with E-state index in [1.165, 1.54) is 4.90 Å². The molecule has 0 radical (unpaired) electrons. The van der Waals surface area contributed by atoms with Gasteiger partial charge in [-0.25, -0.2) is 4.90 Å². The maximum atomic E-state index is 14.8. The molecule has 1 aliphatic carbocycles. The largest absolute Gasteiger partial charge is 0.416 e. The van der Waals surface area contributed by atoms with Gasteiger partial charge in [-0.15, -0.1) is 0 Å². The van der Waals surface area contributed by atoms with Gasteiger partial charge in [0.2, 0.25) is 11.8 Å². The highest BCUT2D eigenvalue weighted by Crippen LogP contribution is 2.57. The van der Waals surface area contributed by atoms with Crippen molar-refractivity contribution in [3.8, 4) is 0 Å². The normalized spacial score (nSPS) is 27.3. The third-order valence-electron chi connectivity index (χ3n) is 11.0. The molecule has 2 unspecified atom stereocenters. The van der Waals surface area contributed by atoms with Gasteiger partial charge in [0.15, 0.2) is 22.2 Å². The number of hydrogen-bond donors (Lipinski definition) is 0. The molecule has 242 valence electrons. The van der Waals surface area contributed by atoms with Gasteiger partial charge in [0, 0.05) is 12.5 Å². The van der Waals surface area contributed by atoms with Crippen LogP contribution in [0.5, 0.6) is 0 Å². The van der Waals surface area contributed by atoms with Crippen LogP contribution in [0.25, 0.3) is 0 Å². The Hall–Kier alpha value is -2.93. The number of carbonyl (C=O) groups is 3. The first-order chi connectivity index (χ1) is 20.8.